The molecule has 1 N–H and O–H groups in total. The van der Waals surface area contributed by atoms with Gasteiger partial charge in [-0.3, -0.25) is 4.55 Å². The van der Waals surface area contributed by atoms with Crippen LogP contribution in [0.15, 0.2) is 59.5 Å². The average molecular weight is 456 g/mol. The van der Waals surface area contributed by atoms with Crippen LogP contribution in [-0.2, 0) is 20.2 Å². The number of alkyl halides is 3. The van der Waals surface area contributed by atoms with Crippen molar-refractivity contribution >= 4 is 20.2 Å². The van der Waals surface area contributed by atoms with E-state index in [1.165, 1.54) is 12.1 Å². The van der Waals surface area contributed by atoms with Crippen molar-refractivity contribution in [3.8, 4) is 11.5 Å². The molecule has 162 valence electrons. The first-order valence-electron chi connectivity index (χ1n) is 7.84. The maximum absolute atomic E-state index is 12.1. The lowest BCUT2D eigenvalue weighted by Crippen LogP contribution is -2.22. The number of halogens is 3. The lowest BCUT2D eigenvalue weighted by atomic mass is 10.2. The molecule has 0 saturated carbocycles. The van der Waals surface area contributed by atoms with Crippen molar-refractivity contribution in [2.45, 2.75) is 36.8 Å². The molecule has 0 bridgehead atoms. The standard InChI is InChI=1S/C16H18O4S.CHF3O3S/c1-16(2,3)19-13-9-11-14(12-10-13)20-21(17,18)15-7-5-4-6-8-15;2-1(3,4)8(5,6)7/h4-12H,1-3H3;(H,5,6,7). The molecule has 7 nitrogen and oxygen atoms in total. The van der Waals surface area contributed by atoms with Crippen molar-refractivity contribution in [3.63, 3.8) is 0 Å². The van der Waals surface area contributed by atoms with Gasteiger partial charge in [0, 0.05) is 0 Å². The smallest absolute Gasteiger partial charge is 0.488 e. The van der Waals surface area contributed by atoms with Gasteiger partial charge in [0.1, 0.15) is 22.0 Å². The first-order chi connectivity index (χ1) is 13.0. The highest BCUT2D eigenvalue weighted by atomic mass is 32.2. The molecule has 0 saturated heterocycles. The van der Waals surface area contributed by atoms with Gasteiger partial charge in [0.15, 0.2) is 0 Å². The molecule has 0 aromatic heterocycles. The summed E-state index contributed by atoms with van der Waals surface area (Å²) in [6.07, 6.45) is 0. The third-order valence-electron chi connectivity index (χ3n) is 2.78. The van der Waals surface area contributed by atoms with Crippen LogP contribution in [0.2, 0.25) is 0 Å². The van der Waals surface area contributed by atoms with E-state index in [9.17, 15) is 21.6 Å². The van der Waals surface area contributed by atoms with Crippen LogP contribution in [0, 0.1) is 0 Å². The SMILES string of the molecule is CC(C)(C)Oc1ccc(OS(=O)(=O)c2ccccc2)cc1.O=S(=O)(O)C(F)(F)F. The van der Waals surface area contributed by atoms with Crippen LogP contribution in [0.4, 0.5) is 13.2 Å². The van der Waals surface area contributed by atoms with Crippen LogP contribution in [0.3, 0.4) is 0 Å². The molecule has 0 heterocycles. The fourth-order valence-electron chi connectivity index (χ4n) is 1.68. The predicted molar refractivity (Wildman–Crippen MR) is 98.7 cm³/mol. The maximum atomic E-state index is 12.1. The zero-order valence-corrected chi connectivity index (χ0v) is 17.2. The van der Waals surface area contributed by atoms with Crippen LogP contribution >= 0.6 is 0 Å². The van der Waals surface area contributed by atoms with Crippen LogP contribution in [0.5, 0.6) is 11.5 Å². The molecule has 0 atom stereocenters. The summed E-state index contributed by atoms with van der Waals surface area (Å²) in [4.78, 5) is 0.125. The lowest BCUT2D eigenvalue weighted by molar-refractivity contribution is -0.0510. The van der Waals surface area contributed by atoms with Gasteiger partial charge in [0.25, 0.3) is 0 Å². The van der Waals surface area contributed by atoms with E-state index >= 15 is 0 Å². The van der Waals surface area contributed by atoms with Gasteiger partial charge >= 0.3 is 25.7 Å². The van der Waals surface area contributed by atoms with Crippen molar-refractivity contribution in [1.82, 2.24) is 0 Å². The molecule has 12 heteroatoms. The van der Waals surface area contributed by atoms with Crippen LogP contribution < -0.4 is 8.92 Å². The van der Waals surface area contributed by atoms with Gasteiger partial charge in [-0.15, -0.1) is 0 Å². The average Bonchev–Trinajstić information content (AvgIpc) is 2.55. The first-order valence-corrected chi connectivity index (χ1v) is 10.7. The molecule has 0 amide bonds. The fourth-order valence-corrected chi connectivity index (χ4v) is 2.63. The molecule has 2 aromatic carbocycles. The molecule has 0 spiro atoms. The Morgan fingerprint density at radius 2 is 1.21 bits per heavy atom. The van der Waals surface area contributed by atoms with Gasteiger partial charge in [-0.2, -0.15) is 30.0 Å². The van der Waals surface area contributed by atoms with E-state index in [1.54, 1.807) is 42.5 Å². The number of hydrogen-bond donors (Lipinski definition) is 1. The molecule has 0 unspecified atom stereocenters. The monoisotopic (exact) mass is 456 g/mol. The molecular formula is C17H19F3O7S2. The Bertz CT molecular complexity index is 994. The summed E-state index contributed by atoms with van der Waals surface area (Å²) < 4.78 is 92.4. The number of rotatable bonds is 4. The number of benzene rings is 2. The molecule has 0 radical (unpaired) electrons. The topological polar surface area (TPSA) is 107 Å². The van der Waals surface area contributed by atoms with E-state index in [2.05, 4.69) is 0 Å². The quantitative estimate of drug-likeness (QED) is 0.421. The molecular weight excluding hydrogens is 437 g/mol. The zero-order valence-electron chi connectivity index (χ0n) is 15.5. The second kappa shape index (κ2) is 9.01. The second-order valence-corrected chi connectivity index (χ2v) is 9.42. The van der Waals surface area contributed by atoms with Gasteiger partial charge in [0.2, 0.25) is 0 Å². The van der Waals surface area contributed by atoms with E-state index in [1.807, 2.05) is 20.8 Å². The van der Waals surface area contributed by atoms with Gasteiger partial charge < -0.3 is 8.92 Å². The van der Waals surface area contributed by atoms with E-state index in [0.717, 1.165) is 0 Å². The summed E-state index contributed by atoms with van der Waals surface area (Å²) in [6.45, 7) is 5.83. The Balaban J connectivity index is 0.000000447. The van der Waals surface area contributed by atoms with E-state index in [0.29, 0.717) is 5.75 Å². The molecule has 29 heavy (non-hydrogen) atoms. The van der Waals surface area contributed by atoms with Gasteiger partial charge in [-0.25, -0.2) is 0 Å². The van der Waals surface area contributed by atoms with Crippen LogP contribution in [0.1, 0.15) is 20.8 Å². The zero-order chi connectivity index (χ0) is 22.5. The maximum Gasteiger partial charge on any atom is 0.522 e. The second-order valence-electron chi connectivity index (χ2n) is 6.46. The van der Waals surface area contributed by atoms with Gasteiger partial charge in [0.05, 0.1) is 0 Å². The predicted octanol–water partition coefficient (Wildman–Crippen LogP) is 4.03. The highest BCUT2D eigenvalue weighted by Gasteiger charge is 2.44. The molecule has 0 aliphatic heterocycles. The van der Waals surface area contributed by atoms with Gasteiger partial charge in [-0.05, 0) is 57.2 Å². The first kappa shape index (κ1) is 24.7. The molecule has 0 aliphatic carbocycles. The summed E-state index contributed by atoms with van der Waals surface area (Å²) in [7, 11) is -9.64. The minimum absolute atomic E-state index is 0.125. The van der Waals surface area contributed by atoms with Crippen molar-refractivity contribution in [1.29, 1.82) is 0 Å². The Morgan fingerprint density at radius 1 is 0.793 bits per heavy atom. The molecule has 0 aliphatic rings. The van der Waals surface area contributed by atoms with Crippen LogP contribution in [0.25, 0.3) is 0 Å². The summed E-state index contributed by atoms with van der Waals surface area (Å²) in [5.41, 5.74) is -5.84. The number of ether oxygens (including phenoxy) is 1. The molecule has 2 rings (SSSR count). The van der Waals surface area contributed by atoms with Gasteiger partial charge in [-0.1, -0.05) is 18.2 Å². The minimum atomic E-state index is -5.84. The van der Waals surface area contributed by atoms with E-state index < -0.39 is 25.7 Å². The Morgan fingerprint density at radius 3 is 1.59 bits per heavy atom. The summed E-state index contributed by atoms with van der Waals surface area (Å²) in [5, 5.41) is 0. The van der Waals surface area contributed by atoms with Crippen molar-refractivity contribution < 1.29 is 43.5 Å². The van der Waals surface area contributed by atoms with E-state index in [-0.39, 0.29) is 16.2 Å². The number of hydrogen-bond acceptors (Lipinski definition) is 6. The highest BCUT2D eigenvalue weighted by molar-refractivity contribution is 7.87. The lowest BCUT2D eigenvalue weighted by Gasteiger charge is -2.21. The Kier molecular flexibility index (Phi) is 7.68. The van der Waals surface area contributed by atoms with Crippen molar-refractivity contribution in [2.75, 3.05) is 0 Å². The largest absolute Gasteiger partial charge is 0.522 e. The molecule has 2 aromatic rings. The molecule has 0 fully saturated rings. The normalized spacial score (nSPS) is 12.5. The summed E-state index contributed by atoms with van der Waals surface area (Å²) in [6, 6.07) is 14.5. The third-order valence-corrected chi connectivity index (χ3v) is 4.62. The Labute approximate surface area is 167 Å². The minimum Gasteiger partial charge on any atom is -0.488 e. The van der Waals surface area contributed by atoms with Crippen molar-refractivity contribution in [3.05, 3.63) is 54.6 Å². The highest BCUT2D eigenvalue weighted by Crippen LogP contribution is 2.24. The fraction of sp³-hybridized carbons (Fsp3) is 0.294. The Hall–Kier alpha value is -2.31. The summed E-state index contributed by atoms with van der Waals surface area (Å²) >= 11 is 0. The van der Waals surface area contributed by atoms with Crippen molar-refractivity contribution in [2.24, 2.45) is 0 Å². The summed E-state index contributed by atoms with van der Waals surface area (Å²) in [5.74, 6) is 0.909. The van der Waals surface area contributed by atoms with Crippen LogP contribution in [-0.4, -0.2) is 32.5 Å². The third kappa shape index (κ3) is 8.71. The van der Waals surface area contributed by atoms with E-state index in [4.69, 9.17) is 21.9 Å².